The fraction of sp³-hybridized carbons (Fsp3) is 1.00. The average molecular weight is 180 g/mol. The SMILES string of the molecule is OCC1OC(O)C(O)C(O)[C@@H]1O. The summed E-state index contributed by atoms with van der Waals surface area (Å²) in [7, 11) is 0. The van der Waals surface area contributed by atoms with E-state index in [9.17, 15) is 0 Å². The van der Waals surface area contributed by atoms with Gasteiger partial charge in [0, 0.05) is 0 Å². The first-order valence-corrected chi connectivity index (χ1v) is 3.56. The Bertz CT molecular complexity index is 146. The summed E-state index contributed by atoms with van der Waals surface area (Å²) in [4.78, 5) is 0. The maximum atomic E-state index is 9.12. The van der Waals surface area contributed by atoms with Crippen LogP contribution in [0, 0.1) is 0 Å². The van der Waals surface area contributed by atoms with Crippen LogP contribution in [0.2, 0.25) is 0 Å². The fourth-order valence-electron chi connectivity index (χ4n) is 1.08. The lowest BCUT2D eigenvalue weighted by Crippen LogP contribution is -2.58. The van der Waals surface area contributed by atoms with Crippen LogP contribution >= 0.6 is 0 Å². The van der Waals surface area contributed by atoms with Gasteiger partial charge in [-0.3, -0.25) is 0 Å². The highest BCUT2D eigenvalue weighted by molar-refractivity contribution is 4.87. The van der Waals surface area contributed by atoms with Crippen molar-refractivity contribution < 1.29 is 30.3 Å². The molecular formula is C6H12O6. The van der Waals surface area contributed by atoms with Crippen LogP contribution in [0.3, 0.4) is 0 Å². The summed E-state index contributed by atoms with van der Waals surface area (Å²) < 4.78 is 4.58. The van der Waals surface area contributed by atoms with Gasteiger partial charge in [-0.15, -0.1) is 0 Å². The molecule has 6 nitrogen and oxygen atoms in total. The van der Waals surface area contributed by atoms with Gasteiger partial charge in [-0.05, 0) is 0 Å². The number of ether oxygens (including phenoxy) is 1. The highest BCUT2D eigenvalue weighted by atomic mass is 16.6. The topological polar surface area (TPSA) is 110 Å². The number of rotatable bonds is 1. The Hall–Kier alpha value is -0.240. The fourth-order valence-corrected chi connectivity index (χ4v) is 1.08. The highest BCUT2D eigenvalue weighted by Crippen LogP contribution is 2.18. The zero-order valence-electron chi connectivity index (χ0n) is 6.24. The third kappa shape index (κ3) is 1.58. The van der Waals surface area contributed by atoms with E-state index < -0.39 is 37.3 Å². The van der Waals surface area contributed by atoms with Gasteiger partial charge in [0.2, 0.25) is 0 Å². The smallest absolute Gasteiger partial charge is 0.184 e. The summed E-state index contributed by atoms with van der Waals surface area (Å²) in [6.45, 7) is -0.526. The third-order valence-corrected chi connectivity index (χ3v) is 1.87. The maximum absolute atomic E-state index is 9.12. The predicted octanol–water partition coefficient (Wildman–Crippen LogP) is -3.22. The van der Waals surface area contributed by atoms with Crippen LogP contribution < -0.4 is 0 Å². The van der Waals surface area contributed by atoms with Crippen LogP contribution in [0.4, 0.5) is 0 Å². The lowest BCUT2D eigenvalue weighted by atomic mass is 10.00. The molecule has 1 aliphatic heterocycles. The van der Waals surface area contributed by atoms with Gasteiger partial charge in [-0.1, -0.05) is 0 Å². The molecule has 72 valence electrons. The minimum absolute atomic E-state index is 0.526. The average Bonchev–Trinajstić information content (AvgIpc) is 2.08. The molecule has 5 atom stereocenters. The lowest BCUT2D eigenvalue weighted by molar-refractivity contribution is -0.286. The van der Waals surface area contributed by atoms with Gasteiger partial charge >= 0.3 is 0 Å². The van der Waals surface area contributed by atoms with Crippen LogP contribution in [-0.2, 0) is 4.74 Å². The molecule has 0 radical (unpaired) electrons. The summed E-state index contributed by atoms with van der Waals surface area (Å²) in [5.74, 6) is 0. The van der Waals surface area contributed by atoms with Crippen molar-refractivity contribution in [3.8, 4) is 0 Å². The van der Waals surface area contributed by atoms with Crippen molar-refractivity contribution in [2.75, 3.05) is 6.61 Å². The van der Waals surface area contributed by atoms with E-state index in [0.717, 1.165) is 0 Å². The van der Waals surface area contributed by atoms with Crippen molar-refractivity contribution in [1.82, 2.24) is 0 Å². The van der Waals surface area contributed by atoms with Gasteiger partial charge < -0.3 is 30.3 Å². The van der Waals surface area contributed by atoms with Crippen molar-refractivity contribution in [3.05, 3.63) is 0 Å². The second kappa shape index (κ2) is 3.65. The molecule has 0 amide bonds. The molecule has 1 aliphatic rings. The number of aliphatic hydroxyl groups is 5. The van der Waals surface area contributed by atoms with Gasteiger partial charge in [-0.25, -0.2) is 0 Å². The zero-order chi connectivity index (χ0) is 9.30. The van der Waals surface area contributed by atoms with E-state index in [1.807, 2.05) is 0 Å². The largest absolute Gasteiger partial charge is 0.394 e. The molecule has 0 aromatic heterocycles. The molecule has 1 rings (SSSR count). The summed E-state index contributed by atoms with van der Waals surface area (Å²) in [6, 6.07) is 0. The maximum Gasteiger partial charge on any atom is 0.184 e. The Kier molecular flexibility index (Phi) is 2.99. The van der Waals surface area contributed by atoms with E-state index in [2.05, 4.69) is 4.74 Å². The molecule has 0 bridgehead atoms. The Morgan fingerprint density at radius 1 is 0.917 bits per heavy atom. The van der Waals surface area contributed by atoms with Gasteiger partial charge in [0.15, 0.2) is 6.29 Å². The monoisotopic (exact) mass is 180 g/mol. The van der Waals surface area contributed by atoms with Gasteiger partial charge in [0.05, 0.1) is 6.61 Å². The summed E-state index contributed by atoms with van der Waals surface area (Å²) in [6.07, 6.45) is -7.04. The van der Waals surface area contributed by atoms with Crippen molar-refractivity contribution in [3.63, 3.8) is 0 Å². The second-order valence-corrected chi connectivity index (χ2v) is 2.72. The minimum atomic E-state index is -1.57. The lowest BCUT2D eigenvalue weighted by Gasteiger charge is -2.37. The standard InChI is InChI=1S/C6H12O6/c7-1-2-3(8)4(9)5(10)6(11)12-2/h2-11H,1H2/t2?,3-,4?,5?,6?/m1/s1. The van der Waals surface area contributed by atoms with Gasteiger partial charge in [-0.2, -0.15) is 0 Å². The van der Waals surface area contributed by atoms with Crippen LogP contribution in [0.1, 0.15) is 0 Å². The van der Waals surface area contributed by atoms with E-state index in [-0.39, 0.29) is 0 Å². The predicted molar refractivity (Wildman–Crippen MR) is 36.0 cm³/mol. The van der Waals surface area contributed by atoms with Crippen molar-refractivity contribution in [1.29, 1.82) is 0 Å². The minimum Gasteiger partial charge on any atom is -0.394 e. The van der Waals surface area contributed by atoms with Gasteiger partial charge in [0.25, 0.3) is 0 Å². The Morgan fingerprint density at radius 2 is 1.50 bits per heavy atom. The number of hydrogen-bond acceptors (Lipinski definition) is 6. The second-order valence-electron chi connectivity index (χ2n) is 2.72. The van der Waals surface area contributed by atoms with Crippen LogP contribution in [0.25, 0.3) is 0 Å². The summed E-state index contributed by atoms with van der Waals surface area (Å²) >= 11 is 0. The van der Waals surface area contributed by atoms with Crippen molar-refractivity contribution in [2.45, 2.75) is 30.7 Å². The molecular weight excluding hydrogens is 168 g/mol. The molecule has 1 saturated heterocycles. The molecule has 5 N–H and O–H groups in total. The van der Waals surface area contributed by atoms with E-state index in [4.69, 9.17) is 25.5 Å². The highest BCUT2D eigenvalue weighted by Gasteiger charge is 2.42. The van der Waals surface area contributed by atoms with Crippen molar-refractivity contribution in [2.24, 2.45) is 0 Å². The van der Waals surface area contributed by atoms with Crippen LogP contribution in [0.5, 0.6) is 0 Å². The first-order chi connectivity index (χ1) is 5.57. The number of hydrogen-bond donors (Lipinski definition) is 5. The number of aliphatic hydroxyl groups excluding tert-OH is 5. The summed E-state index contributed by atoms with van der Waals surface area (Å²) in [5, 5.41) is 44.7. The molecule has 0 spiro atoms. The summed E-state index contributed by atoms with van der Waals surface area (Å²) in [5.41, 5.74) is 0. The normalized spacial score (nSPS) is 49.2. The Balaban J connectivity index is 2.63. The van der Waals surface area contributed by atoms with E-state index in [1.165, 1.54) is 0 Å². The Morgan fingerprint density at radius 3 is 2.00 bits per heavy atom. The van der Waals surface area contributed by atoms with Crippen LogP contribution in [-0.4, -0.2) is 62.8 Å². The van der Waals surface area contributed by atoms with E-state index in [0.29, 0.717) is 0 Å². The molecule has 0 aromatic carbocycles. The first kappa shape index (κ1) is 9.85. The molecule has 6 heteroatoms. The van der Waals surface area contributed by atoms with Crippen molar-refractivity contribution >= 4 is 0 Å². The quantitative estimate of drug-likeness (QED) is 0.290. The van der Waals surface area contributed by atoms with Crippen LogP contribution in [0.15, 0.2) is 0 Å². The molecule has 0 saturated carbocycles. The molecule has 12 heavy (non-hydrogen) atoms. The third-order valence-electron chi connectivity index (χ3n) is 1.87. The molecule has 0 aromatic rings. The van der Waals surface area contributed by atoms with E-state index >= 15 is 0 Å². The van der Waals surface area contributed by atoms with E-state index in [1.54, 1.807) is 0 Å². The first-order valence-electron chi connectivity index (χ1n) is 3.56. The zero-order valence-corrected chi connectivity index (χ0v) is 6.24. The molecule has 1 heterocycles. The van der Waals surface area contributed by atoms with Gasteiger partial charge in [0.1, 0.15) is 24.4 Å². The molecule has 4 unspecified atom stereocenters. The molecule has 0 aliphatic carbocycles. The molecule has 1 fully saturated rings. The Labute approximate surface area is 68.6 Å².